The van der Waals surface area contributed by atoms with E-state index in [0.717, 1.165) is 25.9 Å². The van der Waals surface area contributed by atoms with Gasteiger partial charge >= 0.3 is 0 Å². The van der Waals surface area contributed by atoms with Crippen LogP contribution in [-0.4, -0.2) is 33.0 Å². The summed E-state index contributed by atoms with van der Waals surface area (Å²) in [6.45, 7) is 4.02. The minimum Gasteiger partial charge on any atom is -0.316 e. The van der Waals surface area contributed by atoms with Crippen molar-refractivity contribution in [2.75, 3.05) is 24.6 Å². The van der Waals surface area contributed by atoms with E-state index in [0.29, 0.717) is 17.4 Å². The van der Waals surface area contributed by atoms with E-state index >= 15 is 0 Å². The molecular formula is C16H33NO2S. The van der Waals surface area contributed by atoms with Crippen molar-refractivity contribution >= 4 is 9.84 Å². The third-order valence-electron chi connectivity index (χ3n) is 4.16. The minimum absolute atomic E-state index is 0.378. The molecule has 1 aliphatic rings. The molecule has 1 N–H and O–H groups in total. The van der Waals surface area contributed by atoms with Crippen molar-refractivity contribution in [1.82, 2.24) is 5.32 Å². The molecule has 1 saturated heterocycles. The lowest BCUT2D eigenvalue weighted by Gasteiger charge is -2.26. The van der Waals surface area contributed by atoms with E-state index in [4.69, 9.17) is 0 Å². The predicted octanol–water partition coefficient (Wildman–Crippen LogP) is 3.54. The minimum atomic E-state index is -2.79. The second-order valence-electron chi connectivity index (χ2n) is 6.32. The fourth-order valence-electron chi connectivity index (χ4n) is 2.72. The SMILES string of the molecule is CCCCCCCCCCCCS(=O)(=O)CC1CNC1. The third-order valence-corrected chi connectivity index (χ3v) is 6.05. The lowest BCUT2D eigenvalue weighted by atomic mass is 10.1. The Hall–Kier alpha value is -0.0900. The molecule has 0 spiro atoms. The van der Waals surface area contributed by atoms with Crippen molar-refractivity contribution in [2.24, 2.45) is 5.92 Å². The molecule has 0 saturated carbocycles. The number of sulfone groups is 1. The van der Waals surface area contributed by atoms with Gasteiger partial charge in [-0.05, 0) is 12.3 Å². The molecule has 0 aromatic carbocycles. The van der Waals surface area contributed by atoms with E-state index in [1.165, 1.54) is 51.4 Å². The number of rotatable bonds is 13. The van der Waals surface area contributed by atoms with E-state index in [9.17, 15) is 8.42 Å². The van der Waals surface area contributed by atoms with Gasteiger partial charge in [0.2, 0.25) is 0 Å². The first kappa shape index (κ1) is 18.0. The zero-order valence-electron chi connectivity index (χ0n) is 13.2. The standard InChI is InChI=1S/C16H33NO2S/c1-2-3-4-5-6-7-8-9-10-11-12-20(18,19)15-16-13-17-14-16/h16-17H,2-15H2,1H3. The Morgan fingerprint density at radius 3 is 1.80 bits per heavy atom. The van der Waals surface area contributed by atoms with Gasteiger partial charge in [-0.25, -0.2) is 8.42 Å². The topological polar surface area (TPSA) is 46.2 Å². The lowest BCUT2D eigenvalue weighted by molar-refractivity contribution is 0.378. The smallest absolute Gasteiger partial charge is 0.150 e. The predicted molar refractivity (Wildman–Crippen MR) is 86.9 cm³/mol. The zero-order chi connectivity index (χ0) is 14.7. The van der Waals surface area contributed by atoms with Crippen LogP contribution in [0.1, 0.15) is 71.1 Å². The largest absolute Gasteiger partial charge is 0.316 e. The van der Waals surface area contributed by atoms with Crippen LogP contribution in [0.25, 0.3) is 0 Å². The van der Waals surface area contributed by atoms with Gasteiger partial charge in [-0.2, -0.15) is 0 Å². The summed E-state index contributed by atoms with van der Waals surface area (Å²) in [4.78, 5) is 0. The fraction of sp³-hybridized carbons (Fsp3) is 1.00. The quantitative estimate of drug-likeness (QED) is 0.529. The molecule has 20 heavy (non-hydrogen) atoms. The van der Waals surface area contributed by atoms with Crippen LogP contribution >= 0.6 is 0 Å². The van der Waals surface area contributed by atoms with Crippen molar-refractivity contribution in [1.29, 1.82) is 0 Å². The Morgan fingerprint density at radius 1 is 0.850 bits per heavy atom. The normalized spacial score (nSPS) is 16.2. The maximum absolute atomic E-state index is 11.8. The summed E-state index contributed by atoms with van der Waals surface area (Å²) in [5.74, 6) is 1.18. The summed E-state index contributed by atoms with van der Waals surface area (Å²) in [5, 5.41) is 3.13. The molecule has 0 unspecified atom stereocenters. The average molecular weight is 304 g/mol. The number of hydrogen-bond acceptors (Lipinski definition) is 3. The van der Waals surface area contributed by atoms with Crippen molar-refractivity contribution in [3.8, 4) is 0 Å². The van der Waals surface area contributed by atoms with Gasteiger partial charge in [-0.3, -0.25) is 0 Å². The molecule has 0 amide bonds. The van der Waals surface area contributed by atoms with Gasteiger partial charge in [0, 0.05) is 13.1 Å². The molecule has 3 nitrogen and oxygen atoms in total. The molecule has 0 aliphatic carbocycles. The summed E-state index contributed by atoms with van der Waals surface area (Å²) in [6.07, 6.45) is 12.5. The van der Waals surface area contributed by atoms with Crippen LogP contribution in [0.5, 0.6) is 0 Å². The van der Waals surface area contributed by atoms with Crippen molar-refractivity contribution in [2.45, 2.75) is 71.1 Å². The second kappa shape index (κ2) is 10.6. The van der Waals surface area contributed by atoms with Crippen molar-refractivity contribution < 1.29 is 8.42 Å². The first-order valence-electron chi connectivity index (χ1n) is 8.55. The Bertz CT molecular complexity index is 323. The second-order valence-corrected chi connectivity index (χ2v) is 8.55. The monoisotopic (exact) mass is 303 g/mol. The highest BCUT2D eigenvalue weighted by atomic mass is 32.2. The molecule has 0 aromatic rings. The van der Waals surface area contributed by atoms with Crippen LogP contribution in [0.3, 0.4) is 0 Å². The Morgan fingerprint density at radius 2 is 1.35 bits per heavy atom. The Kier molecular flexibility index (Phi) is 9.53. The molecule has 1 heterocycles. The molecule has 0 aromatic heterocycles. The maximum atomic E-state index is 11.8. The van der Waals surface area contributed by atoms with Gasteiger partial charge in [-0.15, -0.1) is 0 Å². The highest BCUT2D eigenvalue weighted by molar-refractivity contribution is 7.91. The van der Waals surface area contributed by atoms with Gasteiger partial charge in [0.1, 0.15) is 0 Å². The first-order valence-corrected chi connectivity index (χ1v) is 10.4. The average Bonchev–Trinajstić information content (AvgIpc) is 2.36. The Labute approximate surface area is 125 Å². The van der Waals surface area contributed by atoms with Gasteiger partial charge in [0.05, 0.1) is 11.5 Å². The third kappa shape index (κ3) is 8.96. The van der Waals surface area contributed by atoms with Gasteiger partial charge in [0.25, 0.3) is 0 Å². The maximum Gasteiger partial charge on any atom is 0.150 e. The summed E-state index contributed by atoms with van der Waals surface area (Å²) in [7, 11) is -2.79. The molecule has 4 heteroatoms. The van der Waals surface area contributed by atoms with E-state index in [-0.39, 0.29) is 0 Å². The van der Waals surface area contributed by atoms with E-state index in [2.05, 4.69) is 12.2 Å². The molecule has 1 aliphatic heterocycles. The molecule has 1 fully saturated rings. The van der Waals surface area contributed by atoms with Crippen LogP contribution in [0, 0.1) is 5.92 Å². The van der Waals surface area contributed by atoms with Crippen LogP contribution in [0.15, 0.2) is 0 Å². The summed E-state index contributed by atoms with van der Waals surface area (Å²) in [6, 6.07) is 0. The van der Waals surface area contributed by atoms with Crippen molar-refractivity contribution in [3.05, 3.63) is 0 Å². The summed E-state index contributed by atoms with van der Waals surface area (Å²) >= 11 is 0. The molecule has 0 atom stereocenters. The highest BCUT2D eigenvalue weighted by Crippen LogP contribution is 2.12. The van der Waals surface area contributed by atoms with Crippen molar-refractivity contribution in [3.63, 3.8) is 0 Å². The lowest BCUT2D eigenvalue weighted by Crippen LogP contribution is -2.45. The molecule has 120 valence electrons. The van der Waals surface area contributed by atoms with Crippen LogP contribution in [-0.2, 0) is 9.84 Å². The van der Waals surface area contributed by atoms with E-state index < -0.39 is 9.84 Å². The van der Waals surface area contributed by atoms with Gasteiger partial charge in [0.15, 0.2) is 9.84 Å². The zero-order valence-corrected chi connectivity index (χ0v) is 14.0. The first-order chi connectivity index (χ1) is 9.64. The van der Waals surface area contributed by atoms with Gasteiger partial charge in [-0.1, -0.05) is 64.7 Å². The number of unbranched alkanes of at least 4 members (excludes halogenated alkanes) is 9. The summed E-state index contributed by atoms with van der Waals surface area (Å²) < 4.78 is 23.7. The molecule has 0 bridgehead atoms. The molecule has 1 rings (SSSR count). The highest BCUT2D eigenvalue weighted by Gasteiger charge is 2.23. The van der Waals surface area contributed by atoms with Crippen LogP contribution in [0.4, 0.5) is 0 Å². The Balaban J connectivity index is 1.86. The number of nitrogens with one attached hydrogen (secondary N) is 1. The molecule has 0 radical (unpaired) electrons. The van der Waals surface area contributed by atoms with E-state index in [1.54, 1.807) is 0 Å². The van der Waals surface area contributed by atoms with Crippen LogP contribution < -0.4 is 5.32 Å². The van der Waals surface area contributed by atoms with Crippen LogP contribution in [0.2, 0.25) is 0 Å². The fourth-order valence-corrected chi connectivity index (χ4v) is 4.48. The van der Waals surface area contributed by atoms with Gasteiger partial charge < -0.3 is 5.32 Å². The molecular weight excluding hydrogens is 270 g/mol. The number of hydrogen-bond donors (Lipinski definition) is 1. The summed E-state index contributed by atoms with van der Waals surface area (Å²) in [5.41, 5.74) is 0. The van der Waals surface area contributed by atoms with E-state index in [1.807, 2.05) is 0 Å².